The van der Waals surface area contributed by atoms with E-state index in [9.17, 15) is 18.0 Å². The highest BCUT2D eigenvalue weighted by molar-refractivity contribution is 6.31. The van der Waals surface area contributed by atoms with Crippen LogP contribution >= 0.6 is 11.6 Å². The summed E-state index contributed by atoms with van der Waals surface area (Å²) in [6.07, 6.45) is -4.75. The number of nitrogens with one attached hydrogen (secondary N) is 1. The Morgan fingerprint density at radius 1 is 1.22 bits per heavy atom. The lowest BCUT2D eigenvalue weighted by Crippen LogP contribution is -2.18. The molecule has 0 fully saturated rings. The monoisotopic (exact) mass is 397 g/mol. The molecule has 1 N–H and O–H groups in total. The lowest BCUT2D eigenvalue weighted by Gasteiger charge is -2.12. The van der Waals surface area contributed by atoms with Gasteiger partial charge < -0.3 is 5.32 Å². The number of nitrogens with zero attached hydrogens (tertiary/aromatic N) is 4. The van der Waals surface area contributed by atoms with Gasteiger partial charge in [0.15, 0.2) is 0 Å². The van der Waals surface area contributed by atoms with E-state index in [1.165, 1.54) is 0 Å². The Hall–Kier alpha value is -2.68. The van der Waals surface area contributed by atoms with Crippen LogP contribution in [0.25, 0.3) is 5.78 Å². The first-order valence-corrected chi connectivity index (χ1v) is 8.30. The minimum absolute atomic E-state index is 0.0756. The van der Waals surface area contributed by atoms with Crippen LogP contribution in [0.1, 0.15) is 28.3 Å². The second kappa shape index (κ2) is 6.80. The van der Waals surface area contributed by atoms with E-state index in [1.54, 1.807) is 39.0 Å². The smallest absolute Gasteiger partial charge is 0.326 e. The third-order valence-electron chi connectivity index (χ3n) is 4.18. The van der Waals surface area contributed by atoms with Crippen LogP contribution in [0.4, 0.5) is 18.9 Å². The average molecular weight is 398 g/mol. The molecule has 2 heterocycles. The second-order valence-corrected chi connectivity index (χ2v) is 6.45. The van der Waals surface area contributed by atoms with Crippen molar-refractivity contribution in [3.05, 3.63) is 51.6 Å². The molecule has 142 valence electrons. The molecule has 27 heavy (non-hydrogen) atoms. The van der Waals surface area contributed by atoms with Crippen molar-refractivity contribution < 1.29 is 18.0 Å². The molecular weight excluding hydrogens is 383 g/mol. The molecule has 0 unspecified atom stereocenters. The number of hydrogen-bond donors (Lipinski definition) is 1. The molecule has 0 aliphatic carbocycles. The molecule has 0 spiro atoms. The molecule has 0 aliphatic heterocycles. The number of anilines is 1. The molecule has 0 radical (unpaired) electrons. The highest BCUT2D eigenvalue weighted by Crippen LogP contribution is 2.27. The minimum Gasteiger partial charge on any atom is -0.326 e. The quantitative estimate of drug-likeness (QED) is 0.727. The fraction of sp³-hybridized carbons (Fsp3) is 0.294. The summed E-state index contributed by atoms with van der Waals surface area (Å²) >= 11 is 6.04. The Bertz CT molecular complexity index is 1050. The Kier molecular flexibility index (Phi) is 4.81. The predicted octanol–water partition coefficient (Wildman–Crippen LogP) is 3.90. The first kappa shape index (κ1) is 19.1. The molecule has 1 amide bonds. The number of carbonyl (C=O) groups excluding carboxylic acids is 1. The first-order chi connectivity index (χ1) is 12.6. The van der Waals surface area contributed by atoms with Crippen LogP contribution in [0, 0.1) is 20.8 Å². The Morgan fingerprint density at radius 2 is 1.93 bits per heavy atom. The van der Waals surface area contributed by atoms with E-state index in [2.05, 4.69) is 20.4 Å². The van der Waals surface area contributed by atoms with Crippen LogP contribution in [-0.4, -0.2) is 25.5 Å². The molecule has 3 rings (SSSR count). The molecule has 0 saturated heterocycles. The topological polar surface area (TPSA) is 72.2 Å². The summed E-state index contributed by atoms with van der Waals surface area (Å²) < 4.78 is 39.5. The van der Waals surface area contributed by atoms with Gasteiger partial charge >= 0.3 is 6.18 Å². The van der Waals surface area contributed by atoms with Crippen molar-refractivity contribution in [3.8, 4) is 0 Å². The lowest BCUT2D eigenvalue weighted by atomic mass is 10.1. The number of alkyl halides is 3. The Balaban J connectivity index is 1.92. The average Bonchev–Trinajstić information content (AvgIpc) is 3.00. The van der Waals surface area contributed by atoms with Crippen molar-refractivity contribution in [3.63, 3.8) is 0 Å². The van der Waals surface area contributed by atoms with E-state index < -0.39 is 12.0 Å². The minimum atomic E-state index is -4.67. The molecule has 0 bridgehead atoms. The second-order valence-electron chi connectivity index (χ2n) is 6.04. The lowest BCUT2D eigenvalue weighted by molar-refractivity contribution is -0.144. The van der Waals surface area contributed by atoms with Gasteiger partial charge in [0.2, 0.25) is 5.91 Å². The molecule has 0 saturated carbocycles. The zero-order chi connectivity index (χ0) is 19.9. The van der Waals surface area contributed by atoms with E-state index in [4.69, 9.17) is 11.6 Å². The van der Waals surface area contributed by atoms with Crippen LogP contribution in [0.5, 0.6) is 0 Å². The number of hydrogen-bond acceptors (Lipinski definition) is 4. The van der Waals surface area contributed by atoms with Crippen LogP contribution in [0.2, 0.25) is 5.02 Å². The zero-order valence-corrected chi connectivity index (χ0v) is 15.4. The summed E-state index contributed by atoms with van der Waals surface area (Å²) in [5, 5.41) is 6.75. The van der Waals surface area contributed by atoms with Crippen LogP contribution in [0.15, 0.2) is 18.2 Å². The number of aryl methyl sites for hydroxylation is 2. The van der Waals surface area contributed by atoms with Crippen LogP contribution in [0.3, 0.4) is 0 Å². The normalized spacial score (nSPS) is 11.8. The molecule has 2 aromatic heterocycles. The summed E-state index contributed by atoms with van der Waals surface area (Å²) in [5.74, 6) is -1.77. The summed E-state index contributed by atoms with van der Waals surface area (Å²) in [4.78, 5) is 19.9. The van der Waals surface area contributed by atoms with Crippen molar-refractivity contribution >= 4 is 29.0 Å². The zero-order valence-electron chi connectivity index (χ0n) is 14.6. The number of fused-ring (bicyclic) bond motifs is 1. The van der Waals surface area contributed by atoms with Crippen molar-refractivity contribution in [2.24, 2.45) is 0 Å². The van der Waals surface area contributed by atoms with Gasteiger partial charge in [-0.25, -0.2) is 9.50 Å². The number of halogens is 4. The van der Waals surface area contributed by atoms with Gasteiger partial charge in [0.05, 0.1) is 6.42 Å². The van der Waals surface area contributed by atoms with E-state index in [0.717, 1.165) is 10.1 Å². The molecule has 0 atom stereocenters. The summed E-state index contributed by atoms with van der Waals surface area (Å²) in [5.41, 5.74) is 2.56. The van der Waals surface area contributed by atoms with Crippen LogP contribution in [-0.2, 0) is 17.4 Å². The number of benzene rings is 1. The summed E-state index contributed by atoms with van der Waals surface area (Å²) in [6.45, 7) is 4.96. The van der Waals surface area contributed by atoms with Crippen LogP contribution < -0.4 is 5.32 Å². The van der Waals surface area contributed by atoms with E-state index in [-0.39, 0.29) is 18.1 Å². The maximum atomic E-state index is 12.8. The summed E-state index contributed by atoms with van der Waals surface area (Å²) in [6, 6.07) is 5.14. The van der Waals surface area contributed by atoms with E-state index >= 15 is 0 Å². The third-order valence-corrected chi connectivity index (χ3v) is 4.59. The van der Waals surface area contributed by atoms with Gasteiger partial charge in [0.1, 0.15) is 0 Å². The molecule has 6 nitrogen and oxygen atoms in total. The standard InChI is InChI=1S/C17H15ClF3N5O/c1-8-12(18)5-4-6-13(8)23-14(27)7-11-9(2)22-16-24-15(17(19,20)21)25-26(16)10(11)3/h4-6H,7H2,1-3H3,(H,23,27). The first-order valence-electron chi connectivity index (χ1n) is 7.93. The maximum absolute atomic E-state index is 12.8. The Labute approximate surface area is 157 Å². The van der Waals surface area contributed by atoms with Gasteiger partial charge in [-0.3, -0.25) is 4.79 Å². The van der Waals surface area contributed by atoms with Gasteiger partial charge in [0, 0.05) is 27.7 Å². The van der Waals surface area contributed by atoms with Gasteiger partial charge in [-0.2, -0.15) is 18.2 Å². The third kappa shape index (κ3) is 3.73. The highest BCUT2D eigenvalue weighted by Gasteiger charge is 2.37. The van der Waals surface area contributed by atoms with Crippen molar-refractivity contribution in [2.45, 2.75) is 33.4 Å². The fourth-order valence-corrected chi connectivity index (χ4v) is 2.86. The molecule has 0 aliphatic rings. The van der Waals surface area contributed by atoms with Gasteiger partial charge in [-0.1, -0.05) is 17.7 Å². The number of rotatable bonds is 3. The largest absolute Gasteiger partial charge is 0.453 e. The number of carbonyl (C=O) groups is 1. The van der Waals surface area contributed by atoms with Gasteiger partial charge in [-0.15, -0.1) is 5.10 Å². The highest BCUT2D eigenvalue weighted by atomic mass is 35.5. The Morgan fingerprint density at radius 3 is 2.59 bits per heavy atom. The molecular formula is C17H15ClF3N5O. The fourth-order valence-electron chi connectivity index (χ4n) is 2.68. The van der Waals surface area contributed by atoms with E-state index in [1.807, 2.05) is 0 Å². The summed E-state index contributed by atoms with van der Waals surface area (Å²) in [7, 11) is 0. The predicted molar refractivity (Wildman–Crippen MR) is 93.8 cm³/mol. The molecule has 10 heteroatoms. The van der Waals surface area contributed by atoms with Crippen molar-refractivity contribution in [1.82, 2.24) is 19.6 Å². The SMILES string of the molecule is Cc1nc2nc(C(F)(F)F)nn2c(C)c1CC(=O)Nc1cccc(Cl)c1C. The molecule has 1 aromatic carbocycles. The van der Waals surface area contributed by atoms with Crippen molar-refractivity contribution in [1.29, 1.82) is 0 Å². The number of amides is 1. The van der Waals surface area contributed by atoms with Crippen molar-refractivity contribution in [2.75, 3.05) is 5.32 Å². The van der Waals surface area contributed by atoms with Gasteiger partial charge in [0.25, 0.3) is 11.6 Å². The van der Waals surface area contributed by atoms with E-state index in [0.29, 0.717) is 27.7 Å². The molecule has 3 aromatic rings. The van der Waals surface area contributed by atoms with Gasteiger partial charge in [-0.05, 0) is 38.5 Å². The number of aromatic nitrogens is 4. The maximum Gasteiger partial charge on any atom is 0.453 e.